The van der Waals surface area contributed by atoms with Crippen molar-refractivity contribution in [2.45, 2.75) is 63.6 Å². The minimum absolute atomic E-state index is 0.165. The second-order valence-corrected chi connectivity index (χ2v) is 6.55. The molecule has 0 aromatic heterocycles. The first kappa shape index (κ1) is 14.7. The average Bonchev–Trinajstić information content (AvgIpc) is 2.71. The number of aliphatic hydroxyl groups excluding tert-OH is 1. The van der Waals surface area contributed by atoms with Crippen LogP contribution in [-0.4, -0.2) is 40.5 Å². The second kappa shape index (κ2) is 6.29. The number of fused-ring (bicyclic) bond motifs is 2. The summed E-state index contributed by atoms with van der Waals surface area (Å²) in [7, 11) is 0. The molecule has 0 radical (unpaired) electrons. The van der Waals surface area contributed by atoms with Gasteiger partial charge in [-0.1, -0.05) is 37.6 Å². The maximum absolute atomic E-state index is 12.5. The molecule has 3 heteroatoms. The molecule has 21 heavy (non-hydrogen) atoms. The van der Waals surface area contributed by atoms with Gasteiger partial charge in [0, 0.05) is 17.6 Å². The van der Waals surface area contributed by atoms with Gasteiger partial charge >= 0.3 is 0 Å². The molecule has 2 aliphatic heterocycles. The summed E-state index contributed by atoms with van der Waals surface area (Å²) in [5.74, 6) is 0.214. The van der Waals surface area contributed by atoms with E-state index in [4.69, 9.17) is 0 Å². The molecule has 2 atom stereocenters. The summed E-state index contributed by atoms with van der Waals surface area (Å²) in [5, 5.41) is 9.83. The lowest BCUT2D eigenvalue weighted by Crippen LogP contribution is -2.46. The first-order valence-corrected chi connectivity index (χ1v) is 8.23. The number of carbonyl (C=O) groups excluding carboxylic acids is 1. The van der Waals surface area contributed by atoms with Crippen molar-refractivity contribution in [2.75, 3.05) is 6.54 Å². The lowest BCUT2D eigenvalue weighted by molar-refractivity contribution is 0.0344. The van der Waals surface area contributed by atoms with Crippen molar-refractivity contribution < 1.29 is 9.90 Å². The van der Waals surface area contributed by atoms with E-state index < -0.39 is 0 Å². The van der Waals surface area contributed by atoms with Gasteiger partial charge in [0.2, 0.25) is 0 Å². The fraction of sp³-hybridized carbons (Fsp3) is 0.611. The Morgan fingerprint density at radius 2 is 1.81 bits per heavy atom. The summed E-state index contributed by atoms with van der Waals surface area (Å²) in [4.78, 5) is 14.8. The monoisotopic (exact) mass is 287 g/mol. The van der Waals surface area contributed by atoms with Gasteiger partial charge in [0.1, 0.15) is 0 Å². The molecule has 0 amide bonds. The lowest BCUT2D eigenvalue weighted by Gasteiger charge is -2.36. The zero-order valence-corrected chi connectivity index (χ0v) is 12.8. The Labute approximate surface area is 127 Å². The van der Waals surface area contributed by atoms with Crippen LogP contribution in [0.1, 0.15) is 54.9 Å². The highest BCUT2D eigenvalue weighted by atomic mass is 16.3. The van der Waals surface area contributed by atoms with Crippen LogP contribution in [0.3, 0.4) is 0 Å². The summed E-state index contributed by atoms with van der Waals surface area (Å²) in [6.07, 6.45) is 5.96. The van der Waals surface area contributed by atoms with Crippen molar-refractivity contribution in [3.8, 4) is 0 Å². The molecule has 0 saturated carbocycles. The molecule has 1 aromatic carbocycles. The summed E-state index contributed by atoms with van der Waals surface area (Å²) >= 11 is 0. The third-order valence-electron chi connectivity index (χ3n) is 5.00. The molecule has 3 rings (SSSR count). The van der Waals surface area contributed by atoms with E-state index in [1.807, 2.05) is 12.1 Å². The highest BCUT2D eigenvalue weighted by Crippen LogP contribution is 2.35. The average molecular weight is 287 g/mol. The van der Waals surface area contributed by atoms with Gasteiger partial charge in [-0.2, -0.15) is 0 Å². The Kier molecular flexibility index (Phi) is 4.41. The third kappa shape index (κ3) is 3.19. The molecule has 0 aliphatic carbocycles. The van der Waals surface area contributed by atoms with Crippen LogP contribution in [0.4, 0.5) is 0 Å². The summed E-state index contributed by atoms with van der Waals surface area (Å²) in [6.45, 7) is 2.68. The van der Waals surface area contributed by atoms with Crippen LogP contribution in [0, 0.1) is 0 Å². The van der Waals surface area contributed by atoms with E-state index >= 15 is 0 Å². The Morgan fingerprint density at radius 1 is 1.19 bits per heavy atom. The van der Waals surface area contributed by atoms with Crippen LogP contribution in [-0.2, 0) is 6.42 Å². The van der Waals surface area contributed by atoms with Crippen molar-refractivity contribution in [3.05, 3.63) is 35.4 Å². The number of nitrogens with zero attached hydrogens (tertiary/aromatic N) is 1. The lowest BCUT2D eigenvalue weighted by atomic mass is 9.98. The fourth-order valence-corrected chi connectivity index (χ4v) is 3.91. The maximum Gasteiger partial charge on any atom is 0.176 e. The fourth-order valence-electron chi connectivity index (χ4n) is 3.91. The number of Topliss-reactive ketones (excluding diaryl/α,β-unsaturated/α-hetero) is 1. The molecule has 1 N–H and O–H groups in total. The molecule has 0 spiro atoms. The van der Waals surface area contributed by atoms with Crippen LogP contribution in [0.15, 0.2) is 24.3 Å². The number of hydrogen-bond donors (Lipinski definition) is 1. The Bertz CT molecular complexity index is 482. The van der Waals surface area contributed by atoms with Crippen LogP contribution in [0.2, 0.25) is 0 Å². The van der Waals surface area contributed by atoms with Gasteiger partial charge in [0.05, 0.1) is 12.6 Å². The summed E-state index contributed by atoms with van der Waals surface area (Å²) in [6, 6.07) is 8.89. The minimum Gasteiger partial charge on any atom is -0.393 e. The molecule has 3 nitrogen and oxygen atoms in total. The first-order valence-electron chi connectivity index (χ1n) is 8.23. The molecule has 2 heterocycles. The van der Waals surface area contributed by atoms with Crippen LogP contribution < -0.4 is 0 Å². The van der Waals surface area contributed by atoms with Gasteiger partial charge in [-0.25, -0.2) is 0 Å². The maximum atomic E-state index is 12.5. The van der Waals surface area contributed by atoms with Gasteiger partial charge < -0.3 is 5.11 Å². The van der Waals surface area contributed by atoms with Gasteiger partial charge in [-0.05, 0) is 37.7 Å². The Morgan fingerprint density at radius 3 is 2.38 bits per heavy atom. The summed E-state index contributed by atoms with van der Waals surface area (Å²) in [5.41, 5.74) is 2.12. The van der Waals surface area contributed by atoms with Crippen molar-refractivity contribution in [1.82, 2.24) is 4.90 Å². The van der Waals surface area contributed by atoms with Crippen LogP contribution in [0.25, 0.3) is 0 Å². The molecule has 2 unspecified atom stereocenters. The molecule has 1 aromatic rings. The number of ketones is 1. The zero-order valence-electron chi connectivity index (χ0n) is 12.8. The van der Waals surface area contributed by atoms with Crippen LogP contribution >= 0.6 is 0 Å². The van der Waals surface area contributed by atoms with Gasteiger partial charge in [-0.3, -0.25) is 9.69 Å². The van der Waals surface area contributed by atoms with E-state index in [0.717, 1.165) is 44.1 Å². The quantitative estimate of drug-likeness (QED) is 0.847. The van der Waals surface area contributed by atoms with Gasteiger partial charge in [0.25, 0.3) is 0 Å². The van der Waals surface area contributed by atoms with E-state index in [2.05, 4.69) is 24.0 Å². The standard InChI is InChI=1S/C18H25NO2/c1-2-3-13-4-6-14(7-5-13)18(21)12-19-15-8-9-16(19)11-17(20)10-15/h4-7,15-17,20H,2-3,8-12H2,1H3. The van der Waals surface area contributed by atoms with Crippen molar-refractivity contribution in [3.63, 3.8) is 0 Å². The minimum atomic E-state index is -0.165. The number of benzene rings is 1. The predicted molar refractivity (Wildman–Crippen MR) is 83.5 cm³/mol. The highest BCUT2D eigenvalue weighted by molar-refractivity contribution is 5.97. The van der Waals surface area contributed by atoms with E-state index in [9.17, 15) is 9.90 Å². The highest BCUT2D eigenvalue weighted by Gasteiger charge is 2.40. The van der Waals surface area contributed by atoms with Crippen molar-refractivity contribution in [1.29, 1.82) is 0 Å². The number of rotatable bonds is 5. The number of aryl methyl sites for hydroxylation is 1. The van der Waals surface area contributed by atoms with E-state index in [1.165, 1.54) is 5.56 Å². The summed E-state index contributed by atoms with van der Waals surface area (Å²) < 4.78 is 0. The normalized spacial score (nSPS) is 28.8. The second-order valence-electron chi connectivity index (χ2n) is 6.55. The Hall–Kier alpha value is -1.19. The van der Waals surface area contributed by atoms with Crippen molar-refractivity contribution in [2.24, 2.45) is 0 Å². The topological polar surface area (TPSA) is 40.5 Å². The van der Waals surface area contributed by atoms with Crippen LogP contribution in [0.5, 0.6) is 0 Å². The van der Waals surface area contributed by atoms with E-state index in [1.54, 1.807) is 0 Å². The first-order chi connectivity index (χ1) is 10.2. The SMILES string of the molecule is CCCc1ccc(C(=O)CN2C3CCC2CC(O)C3)cc1. The number of hydrogen-bond acceptors (Lipinski definition) is 3. The molecule has 2 bridgehead atoms. The third-order valence-corrected chi connectivity index (χ3v) is 5.00. The number of aliphatic hydroxyl groups is 1. The molecule has 114 valence electrons. The number of piperidine rings is 1. The van der Waals surface area contributed by atoms with Crippen molar-refractivity contribution >= 4 is 5.78 Å². The zero-order chi connectivity index (χ0) is 14.8. The number of carbonyl (C=O) groups is 1. The molecular formula is C18H25NO2. The largest absolute Gasteiger partial charge is 0.393 e. The van der Waals surface area contributed by atoms with E-state index in [0.29, 0.717) is 18.6 Å². The molecule has 2 fully saturated rings. The Balaban J connectivity index is 1.64. The van der Waals surface area contributed by atoms with E-state index in [-0.39, 0.29) is 11.9 Å². The molecule has 2 saturated heterocycles. The molecular weight excluding hydrogens is 262 g/mol. The van der Waals surface area contributed by atoms with Gasteiger partial charge in [0.15, 0.2) is 5.78 Å². The smallest absolute Gasteiger partial charge is 0.176 e. The molecule has 2 aliphatic rings. The van der Waals surface area contributed by atoms with Gasteiger partial charge in [-0.15, -0.1) is 0 Å². The predicted octanol–water partition coefficient (Wildman–Crippen LogP) is 2.81.